The summed E-state index contributed by atoms with van der Waals surface area (Å²) in [6, 6.07) is 20.3. The van der Waals surface area contributed by atoms with Crippen molar-refractivity contribution in [3.63, 3.8) is 0 Å². The average Bonchev–Trinajstić information content (AvgIpc) is 2.84. The van der Waals surface area contributed by atoms with E-state index in [0.717, 1.165) is 21.4 Å². The van der Waals surface area contributed by atoms with Crippen LogP contribution in [0.4, 0.5) is 5.69 Å². The van der Waals surface area contributed by atoms with Gasteiger partial charge in [0, 0.05) is 37.5 Å². The fraction of sp³-hybridized carbons (Fsp3) is 0.250. The standard InChI is InChI=1S/C24H23N3O4S2/c28-23(16-22-24(29)25-20-7-3-4-8-21(20)32-22)26-11-13-27(14-12-26)33(30,31)19-10-9-17-5-1-2-6-18(17)15-19/h1-10,15,22H,11-14,16H2,(H,25,29)/t22-/m1/s1. The lowest BCUT2D eigenvalue weighted by Crippen LogP contribution is -2.51. The van der Waals surface area contributed by atoms with Crippen molar-refractivity contribution < 1.29 is 18.0 Å². The third-order valence-electron chi connectivity index (χ3n) is 6.02. The van der Waals surface area contributed by atoms with E-state index in [2.05, 4.69) is 5.32 Å². The Balaban J connectivity index is 1.22. The van der Waals surface area contributed by atoms with Gasteiger partial charge in [0.2, 0.25) is 21.8 Å². The van der Waals surface area contributed by atoms with Crippen LogP contribution in [0.2, 0.25) is 0 Å². The topological polar surface area (TPSA) is 86.8 Å². The number of amides is 2. The summed E-state index contributed by atoms with van der Waals surface area (Å²) in [5.41, 5.74) is 0.767. The monoisotopic (exact) mass is 481 g/mol. The zero-order valence-electron chi connectivity index (χ0n) is 17.8. The molecule has 2 aliphatic heterocycles. The van der Waals surface area contributed by atoms with Crippen molar-refractivity contribution in [2.24, 2.45) is 0 Å². The van der Waals surface area contributed by atoms with E-state index in [4.69, 9.17) is 0 Å². The number of carbonyl (C=O) groups excluding carboxylic acids is 2. The smallest absolute Gasteiger partial charge is 0.243 e. The van der Waals surface area contributed by atoms with E-state index in [1.807, 2.05) is 54.6 Å². The van der Waals surface area contributed by atoms with Gasteiger partial charge in [-0.15, -0.1) is 11.8 Å². The van der Waals surface area contributed by atoms with Gasteiger partial charge in [0.15, 0.2) is 0 Å². The number of piperazine rings is 1. The molecule has 3 aromatic rings. The van der Waals surface area contributed by atoms with Gasteiger partial charge in [0.05, 0.1) is 15.8 Å². The summed E-state index contributed by atoms with van der Waals surface area (Å²) in [6.07, 6.45) is 0.0856. The molecule has 2 aliphatic rings. The molecule has 9 heteroatoms. The summed E-state index contributed by atoms with van der Waals surface area (Å²) in [7, 11) is -3.64. The number of sulfonamides is 1. The van der Waals surface area contributed by atoms with Crippen LogP contribution in [0, 0.1) is 0 Å². The van der Waals surface area contributed by atoms with Crippen LogP contribution < -0.4 is 5.32 Å². The number of benzene rings is 3. The second-order valence-corrected chi connectivity index (χ2v) is 11.3. The van der Waals surface area contributed by atoms with Crippen LogP contribution in [-0.2, 0) is 19.6 Å². The molecule has 0 bridgehead atoms. The Bertz CT molecular complexity index is 1330. The molecule has 170 valence electrons. The molecule has 33 heavy (non-hydrogen) atoms. The van der Waals surface area contributed by atoms with E-state index in [1.54, 1.807) is 17.0 Å². The van der Waals surface area contributed by atoms with Crippen molar-refractivity contribution in [3.8, 4) is 0 Å². The molecule has 0 spiro atoms. The van der Waals surface area contributed by atoms with Crippen LogP contribution in [0.25, 0.3) is 10.8 Å². The molecule has 0 aromatic heterocycles. The number of fused-ring (bicyclic) bond motifs is 2. The average molecular weight is 482 g/mol. The van der Waals surface area contributed by atoms with E-state index in [9.17, 15) is 18.0 Å². The molecule has 2 amide bonds. The molecule has 5 rings (SSSR count). The molecule has 2 heterocycles. The molecule has 0 unspecified atom stereocenters. The van der Waals surface area contributed by atoms with Crippen molar-refractivity contribution >= 4 is 50.1 Å². The number of anilines is 1. The van der Waals surface area contributed by atoms with Gasteiger partial charge in [-0.3, -0.25) is 9.59 Å². The fourth-order valence-corrected chi connectivity index (χ4v) is 6.73. The lowest BCUT2D eigenvalue weighted by atomic mass is 10.1. The summed E-state index contributed by atoms with van der Waals surface area (Å²) in [6.45, 7) is 1.07. The first-order valence-electron chi connectivity index (χ1n) is 10.7. The number of para-hydroxylation sites is 1. The fourth-order valence-electron chi connectivity index (χ4n) is 4.17. The zero-order valence-corrected chi connectivity index (χ0v) is 19.4. The Labute approximate surface area is 196 Å². The Morgan fingerprint density at radius 1 is 0.939 bits per heavy atom. The molecular formula is C24H23N3O4S2. The first-order valence-corrected chi connectivity index (χ1v) is 13.1. The molecule has 0 aliphatic carbocycles. The lowest BCUT2D eigenvalue weighted by molar-refractivity contribution is -0.133. The summed E-state index contributed by atoms with van der Waals surface area (Å²) >= 11 is 1.39. The molecular weight excluding hydrogens is 458 g/mol. The molecule has 0 radical (unpaired) electrons. The predicted octanol–water partition coefficient (Wildman–Crippen LogP) is 3.18. The molecule has 0 saturated carbocycles. The van der Waals surface area contributed by atoms with E-state index in [0.29, 0.717) is 13.1 Å². The van der Waals surface area contributed by atoms with Gasteiger partial charge in [-0.25, -0.2) is 8.42 Å². The van der Waals surface area contributed by atoms with Gasteiger partial charge >= 0.3 is 0 Å². The second-order valence-electron chi connectivity index (χ2n) is 8.09. The summed E-state index contributed by atoms with van der Waals surface area (Å²) in [5, 5.41) is 4.22. The van der Waals surface area contributed by atoms with E-state index in [-0.39, 0.29) is 36.2 Å². The summed E-state index contributed by atoms with van der Waals surface area (Å²) < 4.78 is 27.7. The van der Waals surface area contributed by atoms with Crippen molar-refractivity contribution in [1.29, 1.82) is 0 Å². The van der Waals surface area contributed by atoms with E-state index >= 15 is 0 Å². The highest BCUT2D eigenvalue weighted by Gasteiger charge is 2.33. The van der Waals surface area contributed by atoms with E-state index in [1.165, 1.54) is 16.1 Å². The van der Waals surface area contributed by atoms with Crippen molar-refractivity contribution in [3.05, 3.63) is 66.7 Å². The molecule has 1 fully saturated rings. The van der Waals surface area contributed by atoms with Gasteiger partial charge in [-0.1, -0.05) is 42.5 Å². The van der Waals surface area contributed by atoms with Crippen LogP contribution in [0.5, 0.6) is 0 Å². The summed E-state index contributed by atoms with van der Waals surface area (Å²) in [5.74, 6) is -0.311. The predicted molar refractivity (Wildman–Crippen MR) is 129 cm³/mol. The Morgan fingerprint density at radius 3 is 2.42 bits per heavy atom. The van der Waals surface area contributed by atoms with Crippen molar-refractivity contribution in [2.45, 2.75) is 21.5 Å². The Hall–Kier alpha value is -2.88. The van der Waals surface area contributed by atoms with Crippen LogP contribution in [0.1, 0.15) is 6.42 Å². The maximum Gasteiger partial charge on any atom is 0.243 e. The number of rotatable bonds is 4. The van der Waals surface area contributed by atoms with Gasteiger partial charge in [0.1, 0.15) is 0 Å². The molecule has 1 saturated heterocycles. The van der Waals surface area contributed by atoms with Crippen LogP contribution >= 0.6 is 11.8 Å². The first-order chi connectivity index (χ1) is 15.9. The third kappa shape index (κ3) is 4.36. The number of hydrogen-bond acceptors (Lipinski definition) is 5. The molecule has 1 N–H and O–H groups in total. The minimum absolute atomic E-state index is 0.0856. The quantitative estimate of drug-likeness (QED) is 0.619. The summed E-state index contributed by atoms with van der Waals surface area (Å²) in [4.78, 5) is 28.1. The molecule has 7 nitrogen and oxygen atoms in total. The maximum atomic E-state index is 13.2. The number of hydrogen-bond donors (Lipinski definition) is 1. The van der Waals surface area contributed by atoms with Crippen molar-refractivity contribution in [2.75, 3.05) is 31.5 Å². The zero-order chi connectivity index (χ0) is 23.0. The second kappa shape index (κ2) is 8.81. The molecule has 1 atom stereocenters. The van der Waals surface area contributed by atoms with E-state index < -0.39 is 15.3 Å². The highest BCUT2D eigenvalue weighted by atomic mass is 32.2. The number of thioether (sulfide) groups is 1. The maximum absolute atomic E-state index is 13.2. The van der Waals surface area contributed by atoms with Crippen LogP contribution in [0.3, 0.4) is 0 Å². The van der Waals surface area contributed by atoms with Crippen molar-refractivity contribution in [1.82, 2.24) is 9.21 Å². The Kier molecular flexibility index (Phi) is 5.86. The number of carbonyl (C=O) groups is 2. The highest BCUT2D eigenvalue weighted by molar-refractivity contribution is 8.01. The third-order valence-corrected chi connectivity index (χ3v) is 9.19. The van der Waals surface area contributed by atoms with Crippen LogP contribution in [-0.4, -0.2) is 60.9 Å². The normalized spacial score (nSPS) is 19.2. The van der Waals surface area contributed by atoms with Gasteiger partial charge in [-0.05, 0) is 35.0 Å². The Morgan fingerprint density at radius 2 is 1.64 bits per heavy atom. The van der Waals surface area contributed by atoms with Gasteiger partial charge < -0.3 is 10.2 Å². The minimum atomic E-state index is -3.64. The highest BCUT2D eigenvalue weighted by Crippen LogP contribution is 2.37. The SMILES string of the molecule is O=C1Nc2ccccc2S[C@@H]1CC(=O)N1CCN(S(=O)(=O)c2ccc3ccccc3c2)CC1. The molecule has 3 aromatic carbocycles. The number of nitrogens with zero attached hydrogens (tertiary/aromatic N) is 2. The van der Waals surface area contributed by atoms with Gasteiger partial charge in [-0.2, -0.15) is 4.31 Å². The minimum Gasteiger partial charge on any atom is -0.340 e. The van der Waals surface area contributed by atoms with Crippen LogP contribution in [0.15, 0.2) is 76.5 Å². The lowest BCUT2D eigenvalue weighted by Gasteiger charge is -2.35. The number of nitrogens with one attached hydrogen (secondary N) is 1. The first kappa shape index (κ1) is 21.9. The largest absolute Gasteiger partial charge is 0.340 e. The van der Waals surface area contributed by atoms with Gasteiger partial charge in [0.25, 0.3) is 0 Å².